The molecule has 1 N–H and O–H groups in total. The van der Waals surface area contributed by atoms with Crippen molar-refractivity contribution in [3.8, 4) is 0 Å². The highest BCUT2D eigenvalue weighted by Crippen LogP contribution is 2.25. The first kappa shape index (κ1) is 15.0. The highest BCUT2D eigenvalue weighted by atomic mass is 79.9. The van der Waals surface area contributed by atoms with Gasteiger partial charge < -0.3 is 9.84 Å². The van der Waals surface area contributed by atoms with E-state index in [9.17, 15) is 4.79 Å². The Labute approximate surface area is 129 Å². The summed E-state index contributed by atoms with van der Waals surface area (Å²) in [6.07, 6.45) is 0.123. The van der Waals surface area contributed by atoms with Crippen LogP contribution in [-0.4, -0.2) is 41.8 Å². The van der Waals surface area contributed by atoms with Gasteiger partial charge in [-0.25, -0.2) is 0 Å². The maximum absolute atomic E-state index is 10.9. The molecule has 0 saturated carbocycles. The van der Waals surface area contributed by atoms with Crippen LogP contribution < -0.4 is 0 Å². The lowest BCUT2D eigenvalue weighted by atomic mass is 10.1. The van der Waals surface area contributed by atoms with E-state index in [2.05, 4.69) is 42.8 Å². The van der Waals surface area contributed by atoms with E-state index in [-0.39, 0.29) is 12.5 Å². The SMILES string of the molecule is O=C(O)CC1COCCN1Cc1ccc(Br)c(Br)c1. The van der Waals surface area contributed by atoms with Gasteiger partial charge in [0.2, 0.25) is 0 Å². The number of morpholine rings is 1. The number of nitrogens with zero attached hydrogens (tertiary/aromatic N) is 1. The Morgan fingerprint density at radius 1 is 1.42 bits per heavy atom. The third-order valence-corrected chi connectivity index (χ3v) is 5.01. The lowest BCUT2D eigenvalue weighted by molar-refractivity contribution is -0.140. The zero-order valence-corrected chi connectivity index (χ0v) is 13.5. The molecule has 1 aliphatic rings. The average molecular weight is 393 g/mol. The van der Waals surface area contributed by atoms with E-state index in [0.717, 1.165) is 27.6 Å². The molecule has 1 aromatic rings. The molecule has 1 fully saturated rings. The van der Waals surface area contributed by atoms with Crippen LogP contribution in [0.25, 0.3) is 0 Å². The first-order chi connectivity index (χ1) is 9.06. The predicted octanol–water partition coefficient (Wildman–Crippen LogP) is 2.89. The van der Waals surface area contributed by atoms with Crippen molar-refractivity contribution >= 4 is 37.8 Å². The number of carboxylic acids is 1. The van der Waals surface area contributed by atoms with E-state index in [0.29, 0.717) is 13.2 Å². The van der Waals surface area contributed by atoms with Gasteiger partial charge in [-0.1, -0.05) is 6.07 Å². The summed E-state index contributed by atoms with van der Waals surface area (Å²) in [4.78, 5) is 13.0. The average Bonchev–Trinajstić information content (AvgIpc) is 2.36. The highest BCUT2D eigenvalue weighted by Gasteiger charge is 2.25. The number of aliphatic carboxylic acids is 1. The third kappa shape index (κ3) is 4.27. The van der Waals surface area contributed by atoms with Gasteiger partial charge in [-0.15, -0.1) is 0 Å². The molecule has 1 heterocycles. The molecule has 2 rings (SSSR count). The number of carbonyl (C=O) groups is 1. The normalized spacial score (nSPS) is 20.4. The zero-order valence-electron chi connectivity index (χ0n) is 10.3. The molecule has 0 aromatic heterocycles. The fourth-order valence-electron chi connectivity index (χ4n) is 2.16. The van der Waals surface area contributed by atoms with Gasteiger partial charge in [0.05, 0.1) is 19.6 Å². The number of rotatable bonds is 4. The fourth-order valence-corrected chi connectivity index (χ4v) is 2.83. The number of hydrogen-bond acceptors (Lipinski definition) is 3. The fraction of sp³-hybridized carbons (Fsp3) is 0.462. The molecule has 0 amide bonds. The maximum Gasteiger partial charge on any atom is 0.305 e. The van der Waals surface area contributed by atoms with E-state index in [1.165, 1.54) is 0 Å². The Hall–Kier alpha value is -0.430. The Morgan fingerprint density at radius 2 is 2.21 bits per heavy atom. The van der Waals surface area contributed by atoms with Crippen molar-refractivity contribution in [1.82, 2.24) is 4.90 Å². The van der Waals surface area contributed by atoms with Crippen LogP contribution in [0.2, 0.25) is 0 Å². The Balaban J connectivity index is 2.06. The molecule has 1 aliphatic heterocycles. The van der Waals surface area contributed by atoms with Crippen molar-refractivity contribution in [3.05, 3.63) is 32.7 Å². The van der Waals surface area contributed by atoms with Crippen molar-refractivity contribution in [2.45, 2.75) is 19.0 Å². The van der Waals surface area contributed by atoms with Crippen molar-refractivity contribution in [2.24, 2.45) is 0 Å². The van der Waals surface area contributed by atoms with Crippen molar-refractivity contribution in [3.63, 3.8) is 0 Å². The molecule has 6 heteroatoms. The molecule has 0 aliphatic carbocycles. The first-order valence-electron chi connectivity index (χ1n) is 6.04. The monoisotopic (exact) mass is 391 g/mol. The van der Waals surface area contributed by atoms with Crippen LogP contribution in [0.15, 0.2) is 27.1 Å². The topological polar surface area (TPSA) is 49.8 Å². The summed E-state index contributed by atoms with van der Waals surface area (Å²) in [5, 5.41) is 8.93. The van der Waals surface area contributed by atoms with E-state index >= 15 is 0 Å². The lowest BCUT2D eigenvalue weighted by Crippen LogP contribution is -2.45. The van der Waals surface area contributed by atoms with Crippen LogP contribution in [-0.2, 0) is 16.1 Å². The van der Waals surface area contributed by atoms with Crippen molar-refractivity contribution in [1.29, 1.82) is 0 Å². The van der Waals surface area contributed by atoms with Crippen LogP contribution in [0, 0.1) is 0 Å². The Morgan fingerprint density at radius 3 is 2.89 bits per heavy atom. The summed E-state index contributed by atoms with van der Waals surface area (Å²) in [7, 11) is 0. The van der Waals surface area contributed by atoms with Crippen molar-refractivity contribution < 1.29 is 14.6 Å². The second-order valence-corrected chi connectivity index (χ2v) is 6.25. The van der Waals surface area contributed by atoms with Gasteiger partial charge in [0.1, 0.15) is 0 Å². The largest absolute Gasteiger partial charge is 0.481 e. The van der Waals surface area contributed by atoms with Gasteiger partial charge >= 0.3 is 5.97 Å². The van der Waals surface area contributed by atoms with E-state index in [1.807, 2.05) is 12.1 Å². The molecular weight excluding hydrogens is 378 g/mol. The first-order valence-corrected chi connectivity index (χ1v) is 7.62. The molecule has 0 spiro atoms. The summed E-state index contributed by atoms with van der Waals surface area (Å²) in [6, 6.07) is 6.04. The molecule has 1 saturated heterocycles. The smallest absolute Gasteiger partial charge is 0.305 e. The minimum atomic E-state index is -0.780. The standard InChI is InChI=1S/C13H15Br2NO3/c14-11-2-1-9(5-12(11)15)7-16-3-4-19-8-10(16)6-13(17)18/h1-2,5,10H,3-4,6-8H2,(H,17,18). The zero-order chi connectivity index (χ0) is 13.8. The van der Waals surface area contributed by atoms with Gasteiger partial charge in [0.15, 0.2) is 0 Å². The molecular formula is C13H15Br2NO3. The molecule has 1 unspecified atom stereocenters. The summed E-state index contributed by atoms with van der Waals surface area (Å²) < 4.78 is 7.39. The molecule has 1 aromatic carbocycles. The number of benzene rings is 1. The summed E-state index contributed by atoms with van der Waals surface area (Å²) >= 11 is 6.92. The minimum Gasteiger partial charge on any atom is -0.481 e. The Kier molecular flexibility index (Phi) is 5.38. The molecule has 0 bridgehead atoms. The number of carboxylic acid groups (broad SMARTS) is 1. The number of ether oxygens (including phenoxy) is 1. The van der Waals surface area contributed by atoms with Crippen molar-refractivity contribution in [2.75, 3.05) is 19.8 Å². The van der Waals surface area contributed by atoms with Gasteiger partial charge in [-0.05, 0) is 49.6 Å². The van der Waals surface area contributed by atoms with Crippen LogP contribution in [0.1, 0.15) is 12.0 Å². The van der Waals surface area contributed by atoms with Gasteiger partial charge in [0.25, 0.3) is 0 Å². The van der Waals surface area contributed by atoms with E-state index in [1.54, 1.807) is 0 Å². The Bertz CT molecular complexity index is 467. The second kappa shape index (κ2) is 6.83. The second-order valence-electron chi connectivity index (χ2n) is 4.55. The third-order valence-electron chi connectivity index (χ3n) is 3.13. The lowest BCUT2D eigenvalue weighted by Gasteiger charge is -2.34. The maximum atomic E-state index is 10.9. The highest BCUT2D eigenvalue weighted by molar-refractivity contribution is 9.13. The molecule has 19 heavy (non-hydrogen) atoms. The predicted molar refractivity (Wildman–Crippen MR) is 79.1 cm³/mol. The van der Waals surface area contributed by atoms with Gasteiger partial charge in [0, 0.05) is 28.1 Å². The summed E-state index contributed by atoms with van der Waals surface area (Å²) in [5.41, 5.74) is 1.16. The minimum absolute atomic E-state index is 0.0475. The van der Waals surface area contributed by atoms with Gasteiger partial charge in [-0.3, -0.25) is 9.69 Å². The molecule has 4 nitrogen and oxygen atoms in total. The summed E-state index contributed by atoms with van der Waals surface area (Å²) in [5.74, 6) is -0.780. The van der Waals surface area contributed by atoms with Crippen LogP contribution in [0.4, 0.5) is 0 Å². The summed E-state index contributed by atoms with van der Waals surface area (Å²) in [6.45, 7) is 2.66. The number of halogens is 2. The van der Waals surface area contributed by atoms with Crippen LogP contribution in [0.5, 0.6) is 0 Å². The van der Waals surface area contributed by atoms with E-state index in [4.69, 9.17) is 9.84 Å². The molecule has 1 atom stereocenters. The number of hydrogen-bond donors (Lipinski definition) is 1. The molecule has 104 valence electrons. The van der Waals surface area contributed by atoms with Crippen LogP contribution >= 0.6 is 31.9 Å². The quantitative estimate of drug-likeness (QED) is 0.855. The molecule has 0 radical (unpaired) electrons. The van der Waals surface area contributed by atoms with E-state index < -0.39 is 5.97 Å². The van der Waals surface area contributed by atoms with Gasteiger partial charge in [-0.2, -0.15) is 0 Å². The van der Waals surface area contributed by atoms with Crippen LogP contribution in [0.3, 0.4) is 0 Å².